The predicted molar refractivity (Wildman–Crippen MR) is 113 cm³/mol. The molecule has 0 saturated carbocycles. The highest BCUT2D eigenvalue weighted by Gasteiger charge is 2.45. The van der Waals surface area contributed by atoms with E-state index in [0.29, 0.717) is 6.54 Å². The Kier molecular flexibility index (Phi) is 6.55. The fourth-order valence-electron chi connectivity index (χ4n) is 3.38. The van der Waals surface area contributed by atoms with Crippen LogP contribution in [0.15, 0.2) is 35.6 Å². The highest BCUT2D eigenvalue weighted by atomic mass is 16.3. The van der Waals surface area contributed by atoms with Gasteiger partial charge in [0.15, 0.2) is 11.5 Å². The Labute approximate surface area is 168 Å². The van der Waals surface area contributed by atoms with Crippen LogP contribution in [0.4, 0.5) is 5.69 Å². The van der Waals surface area contributed by atoms with E-state index in [1.165, 1.54) is 0 Å². The second kappa shape index (κ2) is 8.35. The topological polar surface area (TPSA) is 64.1 Å². The number of carbonyl (C=O) groups excluding carboxylic acids is 2. The monoisotopic (exact) mass is 387 g/mol. The molecule has 1 aromatic carbocycles. The first kappa shape index (κ1) is 22.0. The van der Waals surface area contributed by atoms with Crippen molar-refractivity contribution in [2.45, 2.75) is 33.2 Å². The van der Waals surface area contributed by atoms with Gasteiger partial charge in [0.1, 0.15) is 0 Å². The summed E-state index contributed by atoms with van der Waals surface area (Å²) in [6.45, 7) is 6.71. The normalized spacial score (nSPS) is 17.6. The van der Waals surface area contributed by atoms with Gasteiger partial charge in [-0.05, 0) is 44.8 Å². The number of aliphatic hydroxyl groups excluding tert-OH is 1. The van der Waals surface area contributed by atoms with Crippen LogP contribution in [0.5, 0.6) is 0 Å². The van der Waals surface area contributed by atoms with Gasteiger partial charge in [-0.3, -0.25) is 9.59 Å². The van der Waals surface area contributed by atoms with Gasteiger partial charge >= 0.3 is 0 Å². The lowest BCUT2D eigenvalue weighted by Crippen LogP contribution is -2.34. The smallest absolute Gasteiger partial charge is 0.290 e. The third kappa shape index (κ3) is 4.55. The Hall–Kier alpha value is -2.34. The number of aliphatic hydroxyl groups is 1. The molecule has 1 heterocycles. The number of Topliss-reactive ketones (excluding diaryl/α,β-unsaturated/α-hetero) is 1. The minimum atomic E-state index is -0.689. The van der Waals surface area contributed by atoms with Crippen molar-refractivity contribution in [1.82, 2.24) is 9.80 Å². The van der Waals surface area contributed by atoms with Crippen molar-refractivity contribution in [2.24, 2.45) is 5.41 Å². The van der Waals surface area contributed by atoms with Crippen molar-refractivity contribution in [2.75, 3.05) is 46.2 Å². The molecule has 0 aliphatic carbocycles. The Morgan fingerprint density at radius 3 is 2.14 bits per heavy atom. The summed E-state index contributed by atoms with van der Waals surface area (Å²) in [5.41, 5.74) is 1.38. The van der Waals surface area contributed by atoms with E-state index >= 15 is 0 Å². The largest absolute Gasteiger partial charge is 0.503 e. The standard InChI is InChI=1S/C22H33N3O3/c1-22(2,3)20(27)17-18(15-9-11-16(12-10-15)24(6)7)25(21(28)19(17)26)14-8-13-23(4)5/h9-12,18,26H,8,13-14H2,1-7H3. The fourth-order valence-corrected chi connectivity index (χ4v) is 3.38. The summed E-state index contributed by atoms with van der Waals surface area (Å²) < 4.78 is 0. The molecule has 1 amide bonds. The molecule has 0 bridgehead atoms. The minimum Gasteiger partial charge on any atom is -0.503 e. The predicted octanol–water partition coefficient (Wildman–Crippen LogP) is 3.01. The molecule has 1 unspecified atom stereocenters. The molecule has 28 heavy (non-hydrogen) atoms. The van der Waals surface area contributed by atoms with Crippen LogP contribution in [0.1, 0.15) is 38.8 Å². The van der Waals surface area contributed by atoms with Crippen molar-refractivity contribution in [1.29, 1.82) is 0 Å². The maximum absolute atomic E-state index is 13.1. The lowest BCUT2D eigenvalue weighted by Gasteiger charge is -2.29. The molecule has 1 aliphatic rings. The quantitative estimate of drug-likeness (QED) is 0.779. The van der Waals surface area contributed by atoms with Crippen LogP contribution in [0.3, 0.4) is 0 Å². The highest BCUT2D eigenvalue weighted by molar-refractivity contribution is 6.10. The van der Waals surface area contributed by atoms with Crippen molar-refractivity contribution >= 4 is 17.4 Å². The molecule has 154 valence electrons. The van der Waals surface area contributed by atoms with Crippen LogP contribution in [0.2, 0.25) is 0 Å². The molecule has 0 spiro atoms. The molecule has 1 aromatic rings. The average Bonchev–Trinajstić information content (AvgIpc) is 2.85. The molecule has 6 heteroatoms. The summed E-state index contributed by atoms with van der Waals surface area (Å²) in [7, 11) is 7.88. The third-order valence-electron chi connectivity index (χ3n) is 4.96. The third-order valence-corrected chi connectivity index (χ3v) is 4.96. The first-order chi connectivity index (χ1) is 12.9. The Balaban J connectivity index is 2.46. The molecular formula is C22H33N3O3. The Morgan fingerprint density at radius 2 is 1.68 bits per heavy atom. The maximum Gasteiger partial charge on any atom is 0.290 e. The molecule has 1 atom stereocenters. The number of ketones is 1. The van der Waals surface area contributed by atoms with Gasteiger partial charge in [-0.1, -0.05) is 32.9 Å². The first-order valence-corrected chi connectivity index (χ1v) is 9.66. The van der Waals surface area contributed by atoms with Crippen molar-refractivity contribution in [3.8, 4) is 0 Å². The minimum absolute atomic E-state index is 0.199. The Bertz CT molecular complexity index is 758. The summed E-state index contributed by atoms with van der Waals surface area (Å²) in [6, 6.07) is 7.23. The van der Waals surface area contributed by atoms with E-state index in [-0.39, 0.29) is 11.4 Å². The van der Waals surface area contributed by atoms with Crippen LogP contribution < -0.4 is 4.90 Å². The molecule has 1 aliphatic heterocycles. The molecule has 2 rings (SSSR count). The van der Waals surface area contributed by atoms with Gasteiger partial charge in [0, 0.05) is 31.7 Å². The van der Waals surface area contributed by atoms with Crippen molar-refractivity contribution in [3.05, 3.63) is 41.2 Å². The van der Waals surface area contributed by atoms with Gasteiger partial charge < -0.3 is 19.8 Å². The lowest BCUT2D eigenvalue weighted by molar-refractivity contribution is -0.129. The first-order valence-electron chi connectivity index (χ1n) is 9.66. The maximum atomic E-state index is 13.1. The van der Waals surface area contributed by atoms with Crippen molar-refractivity contribution in [3.63, 3.8) is 0 Å². The van der Waals surface area contributed by atoms with E-state index in [0.717, 1.165) is 24.2 Å². The molecule has 6 nitrogen and oxygen atoms in total. The molecule has 0 fully saturated rings. The molecule has 0 saturated heterocycles. The number of amides is 1. The zero-order chi connectivity index (χ0) is 21.2. The summed E-state index contributed by atoms with van der Waals surface area (Å²) in [6.07, 6.45) is 0.759. The van der Waals surface area contributed by atoms with Crippen LogP contribution in [-0.2, 0) is 9.59 Å². The second-order valence-corrected chi connectivity index (χ2v) is 8.89. The van der Waals surface area contributed by atoms with E-state index in [2.05, 4.69) is 4.90 Å². The lowest BCUT2D eigenvalue weighted by atomic mass is 9.82. The average molecular weight is 388 g/mol. The zero-order valence-corrected chi connectivity index (χ0v) is 18.1. The molecule has 0 radical (unpaired) electrons. The van der Waals surface area contributed by atoms with Crippen LogP contribution >= 0.6 is 0 Å². The van der Waals surface area contributed by atoms with E-state index in [9.17, 15) is 14.7 Å². The number of hydrogen-bond donors (Lipinski definition) is 1. The summed E-state index contributed by atoms with van der Waals surface area (Å²) in [5, 5.41) is 10.6. The molecular weight excluding hydrogens is 354 g/mol. The summed E-state index contributed by atoms with van der Waals surface area (Å²) >= 11 is 0. The number of rotatable bonds is 7. The second-order valence-electron chi connectivity index (χ2n) is 8.89. The van der Waals surface area contributed by atoms with E-state index in [4.69, 9.17) is 0 Å². The van der Waals surface area contributed by atoms with Crippen molar-refractivity contribution < 1.29 is 14.7 Å². The van der Waals surface area contributed by atoms with Crippen LogP contribution in [-0.4, -0.2) is 67.9 Å². The van der Waals surface area contributed by atoms with Crippen LogP contribution in [0, 0.1) is 5.41 Å². The number of hydrogen-bond acceptors (Lipinski definition) is 5. The van der Waals surface area contributed by atoms with Gasteiger partial charge in [-0.25, -0.2) is 0 Å². The van der Waals surface area contributed by atoms with Gasteiger partial charge in [-0.2, -0.15) is 0 Å². The van der Waals surface area contributed by atoms with Gasteiger partial charge in [0.25, 0.3) is 5.91 Å². The number of benzene rings is 1. The van der Waals surface area contributed by atoms with Crippen LogP contribution in [0.25, 0.3) is 0 Å². The number of carbonyl (C=O) groups is 2. The summed E-state index contributed by atoms with van der Waals surface area (Å²) in [4.78, 5) is 31.6. The highest BCUT2D eigenvalue weighted by Crippen LogP contribution is 2.41. The number of nitrogens with zero attached hydrogens (tertiary/aromatic N) is 3. The van der Waals surface area contributed by atoms with E-state index < -0.39 is 23.1 Å². The van der Waals surface area contributed by atoms with Gasteiger partial charge in [0.2, 0.25) is 0 Å². The van der Waals surface area contributed by atoms with Gasteiger partial charge in [0.05, 0.1) is 11.6 Å². The molecule has 0 aromatic heterocycles. The molecule has 1 N–H and O–H groups in total. The van der Waals surface area contributed by atoms with E-state index in [1.54, 1.807) is 25.7 Å². The fraction of sp³-hybridized carbons (Fsp3) is 0.545. The zero-order valence-electron chi connectivity index (χ0n) is 18.1. The Morgan fingerprint density at radius 1 is 1.11 bits per heavy atom. The van der Waals surface area contributed by atoms with E-state index in [1.807, 2.05) is 57.4 Å². The van der Waals surface area contributed by atoms with Gasteiger partial charge in [-0.15, -0.1) is 0 Å². The SMILES string of the molecule is CN(C)CCCN1C(=O)C(O)=C(C(=O)C(C)(C)C)C1c1ccc(N(C)C)cc1. The number of anilines is 1. The summed E-state index contributed by atoms with van der Waals surface area (Å²) in [5.74, 6) is -1.07.